The van der Waals surface area contributed by atoms with Crippen molar-refractivity contribution in [1.29, 1.82) is 0 Å². The molecule has 0 amide bonds. The van der Waals surface area contributed by atoms with E-state index >= 15 is 0 Å². The summed E-state index contributed by atoms with van der Waals surface area (Å²) in [5.41, 5.74) is 6.88. The van der Waals surface area contributed by atoms with Gasteiger partial charge >= 0.3 is 0 Å². The largest absolute Gasteiger partial charge is 0.508 e. The molecule has 0 unspecified atom stereocenters. The zero-order valence-corrected chi connectivity index (χ0v) is 18.6. The number of hydrogen-bond donors (Lipinski definition) is 3. The van der Waals surface area contributed by atoms with E-state index in [0.29, 0.717) is 12.0 Å². The number of aromatic hydroxyl groups is 2. The number of phenols is 2. The lowest BCUT2D eigenvalue weighted by molar-refractivity contribution is 0.431. The summed E-state index contributed by atoms with van der Waals surface area (Å²) in [6, 6.07) is 23.0. The van der Waals surface area contributed by atoms with Gasteiger partial charge in [0.1, 0.15) is 17.3 Å². The van der Waals surface area contributed by atoms with Gasteiger partial charge in [0.05, 0.1) is 0 Å². The van der Waals surface area contributed by atoms with Crippen LogP contribution < -0.4 is 0 Å². The zero-order valence-electron chi connectivity index (χ0n) is 18.6. The Hall–Kier alpha value is -3.72. The van der Waals surface area contributed by atoms with Crippen molar-refractivity contribution in [3.05, 3.63) is 119 Å². The van der Waals surface area contributed by atoms with Crippen LogP contribution >= 0.6 is 0 Å². The van der Waals surface area contributed by atoms with E-state index in [0.717, 1.165) is 27.8 Å². The van der Waals surface area contributed by atoms with Gasteiger partial charge < -0.3 is 15.3 Å². The molecular formula is C29H28O3. The molecule has 3 heteroatoms. The fraction of sp³-hybridized carbons (Fsp3) is 0.172. The fourth-order valence-corrected chi connectivity index (χ4v) is 4.21. The first-order valence-corrected chi connectivity index (χ1v) is 10.8. The summed E-state index contributed by atoms with van der Waals surface area (Å²) in [6.45, 7) is 6.44. The van der Waals surface area contributed by atoms with Crippen molar-refractivity contribution in [2.24, 2.45) is 0 Å². The molecule has 0 spiro atoms. The smallest absolute Gasteiger partial charge is 0.123 e. The molecule has 0 aromatic heterocycles. The maximum Gasteiger partial charge on any atom is 0.123 e. The number of aliphatic hydroxyl groups is 1. The predicted molar refractivity (Wildman–Crippen MR) is 131 cm³/mol. The Balaban J connectivity index is 1.63. The Kier molecular flexibility index (Phi) is 5.67. The number of phenolic OH excluding ortho intramolecular Hbond substituents is 2. The molecule has 0 fully saturated rings. The monoisotopic (exact) mass is 424 g/mol. The summed E-state index contributed by atoms with van der Waals surface area (Å²) in [5.74, 6) is 0.627. The highest BCUT2D eigenvalue weighted by atomic mass is 16.3. The number of para-hydroxylation sites is 1. The molecule has 1 aliphatic rings. The molecule has 3 N–H and O–H groups in total. The molecule has 0 saturated carbocycles. The maximum atomic E-state index is 10.4. The zero-order chi connectivity index (χ0) is 22.9. The second kappa shape index (κ2) is 8.43. The van der Waals surface area contributed by atoms with Crippen molar-refractivity contribution in [1.82, 2.24) is 0 Å². The second-order valence-corrected chi connectivity index (χ2v) is 8.79. The van der Waals surface area contributed by atoms with Crippen LogP contribution in [0.1, 0.15) is 49.4 Å². The van der Waals surface area contributed by atoms with Crippen molar-refractivity contribution in [3.8, 4) is 11.5 Å². The summed E-state index contributed by atoms with van der Waals surface area (Å²) in [4.78, 5) is 0. The van der Waals surface area contributed by atoms with E-state index in [4.69, 9.17) is 0 Å². The minimum absolute atomic E-state index is 0.169. The lowest BCUT2D eigenvalue weighted by Crippen LogP contribution is -2.18. The first-order chi connectivity index (χ1) is 15.3. The van der Waals surface area contributed by atoms with Gasteiger partial charge in [0, 0.05) is 23.0 Å². The molecule has 32 heavy (non-hydrogen) atoms. The lowest BCUT2D eigenvalue weighted by Gasteiger charge is -2.26. The average molecular weight is 425 g/mol. The van der Waals surface area contributed by atoms with Crippen LogP contribution in [-0.2, 0) is 5.41 Å². The van der Waals surface area contributed by atoms with Gasteiger partial charge in [0.2, 0.25) is 0 Å². The van der Waals surface area contributed by atoms with Crippen LogP contribution in [-0.4, -0.2) is 15.3 Å². The van der Waals surface area contributed by atoms with E-state index in [1.807, 2.05) is 30.3 Å². The van der Waals surface area contributed by atoms with Gasteiger partial charge in [-0.25, -0.2) is 0 Å². The molecular weight excluding hydrogens is 396 g/mol. The summed E-state index contributed by atoms with van der Waals surface area (Å²) in [7, 11) is 0. The third-order valence-electron chi connectivity index (χ3n) is 6.46. The molecule has 162 valence electrons. The van der Waals surface area contributed by atoms with Crippen LogP contribution in [0.15, 0.2) is 96.3 Å². The van der Waals surface area contributed by atoms with Gasteiger partial charge in [-0.1, -0.05) is 74.5 Å². The Morgan fingerprint density at radius 2 is 1.34 bits per heavy atom. The number of benzene rings is 3. The van der Waals surface area contributed by atoms with E-state index in [9.17, 15) is 15.3 Å². The molecule has 0 saturated heterocycles. The van der Waals surface area contributed by atoms with Crippen LogP contribution in [0.3, 0.4) is 0 Å². The molecule has 0 radical (unpaired) electrons. The minimum atomic E-state index is -0.190. The van der Waals surface area contributed by atoms with Gasteiger partial charge in [0.25, 0.3) is 0 Å². The first kappa shape index (κ1) is 21.5. The molecule has 3 aromatic carbocycles. The Labute approximate surface area is 189 Å². The standard InChI is InChI=1S/C29H28O3/c1-19(21-10-17-28(32)26(18-21)25-6-4-5-7-27(25)31)20-8-11-22(12-9-20)29(2,3)23-13-15-24(30)16-14-23/h4-17,30-32H,18H2,1-3H3. The second-order valence-electron chi connectivity index (χ2n) is 8.79. The summed E-state index contributed by atoms with van der Waals surface area (Å²) in [5, 5.41) is 30.2. The topological polar surface area (TPSA) is 60.7 Å². The maximum absolute atomic E-state index is 10.4. The van der Waals surface area contributed by atoms with Crippen LogP contribution in [0.25, 0.3) is 11.1 Å². The van der Waals surface area contributed by atoms with Gasteiger partial charge in [-0.2, -0.15) is 0 Å². The minimum Gasteiger partial charge on any atom is -0.508 e. The Morgan fingerprint density at radius 3 is 1.97 bits per heavy atom. The van der Waals surface area contributed by atoms with Crippen molar-refractivity contribution in [3.63, 3.8) is 0 Å². The molecule has 1 aliphatic carbocycles. The van der Waals surface area contributed by atoms with Crippen molar-refractivity contribution in [2.45, 2.75) is 32.6 Å². The molecule has 3 nitrogen and oxygen atoms in total. The third kappa shape index (κ3) is 4.06. The molecule has 0 bridgehead atoms. The van der Waals surface area contributed by atoms with Crippen molar-refractivity contribution in [2.75, 3.05) is 0 Å². The highest BCUT2D eigenvalue weighted by molar-refractivity contribution is 5.81. The summed E-state index contributed by atoms with van der Waals surface area (Å²) in [6.07, 6.45) is 4.20. The van der Waals surface area contributed by atoms with Crippen LogP contribution in [0.5, 0.6) is 11.5 Å². The van der Waals surface area contributed by atoms with Crippen LogP contribution in [0.2, 0.25) is 0 Å². The molecule has 3 aromatic rings. The van der Waals surface area contributed by atoms with Gasteiger partial charge in [0.15, 0.2) is 0 Å². The van der Waals surface area contributed by atoms with E-state index in [1.165, 1.54) is 5.56 Å². The third-order valence-corrected chi connectivity index (χ3v) is 6.46. The Morgan fingerprint density at radius 1 is 0.750 bits per heavy atom. The SMILES string of the molecule is CC(=C1C=CC(O)=C(c2ccccc2O)C1)c1ccc(C(C)(C)c2ccc(O)cc2)cc1. The van der Waals surface area contributed by atoms with E-state index < -0.39 is 0 Å². The molecule has 4 rings (SSSR count). The van der Waals surface area contributed by atoms with Crippen LogP contribution in [0.4, 0.5) is 0 Å². The molecule has 0 heterocycles. The number of allylic oxidation sites excluding steroid dienone is 5. The Bertz CT molecular complexity index is 1220. The lowest BCUT2D eigenvalue weighted by atomic mass is 9.77. The fourth-order valence-electron chi connectivity index (χ4n) is 4.21. The molecule has 0 aliphatic heterocycles. The summed E-state index contributed by atoms with van der Waals surface area (Å²) < 4.78 is 0. The molecule has 0 atom stereocenters. The predicted octanol–water partition coefficient (Wildman–Crippen LogP) is 7.13. The number of hydrogen-bond acceptors (Lipinski definition) is 3. The van der Waals surface area contributed by atoms with E-state index in [2.05, 4.69) is 45.0 Å². The van der Waals surface area contributed by atoms with Crippen molar-refractivity contribution < 1.29 is 15.3 Å². The normalized spacial score (nSPS) is 15.7. The summed E-state index contributed by atoms with van der Waals surface area (Å²) >= 11 is 0. The average Bonchev–Trinajstić information content (AvgIpc) is 2.80. The van der Waals surface area contributed by atoms with Crippen molar-refractivity contribution >= 4 is 11.1 Å². The van der Waals surface area contributed by atoms with Gasteiger partial charge in [-0.15, -0.1) is 0 Å². The van der Waals surface area contributed by atoms with Gasteiger partial charge in [-0.3, -0.25) is 0 Å². The van der Waals surface area contributed by atoms with E-state index in [-0.39, 0.29) is 22.7 Å². The van der Waals surface area contributed by atoms with E-state index in [1.54, 1.807) is 30.3 Å². The highest BCUT2D eigenvalue weighted by Crippen LogP contribution is 2.38. The quantitative estimate of drug-likeness (QED) is 0.418. The van der Waals surface area contributed by atoms with Crippen LogP contribution in [0, 0.1) is 0 Å². The highest BCUT2D eigenvalue weighted by Gasteiger charge is 2.23. The number of aliphatic hydroxyl groups excluding tert-OH is 1. The number of rotatable bonds is 4. The van der Waals surface area contributed by atoms with Gasteiger partial charge in [-0.05, 0) is 59.0 Å². The first-order valence-electron chi connectivity index (χ1n) is 10.8.